The molecule has 2 heterocycles. The number of unbranched alkanes of at least 4 members (excludes halogenated alkanes) is 1. The Hall–Kier alpha value is -3.06. The Kier molecular flexibility index (Phi) is 8.79. The maximum absolute atomic E-state index is 12.7. The molecule has 2 aliphatic rings. The average Bonchev–Trinajstić information content (AvgIpc) is 3.37. The van der Waals surface area contributed by atoms with Crippen LogP contribution < -0.4 is 20.1 Å². The standard InChI is InChI=1S/C27H35N3O4/c31-26(10-4-5-13-28-27(32)22-8-2-1-3-9-22)29-23(20-30-14-6-7-15-30)18-21-11-12-24-25(19-21)34-17-16-33-24/h1-3,8-9,11-12,19,23H,4-7,10,13-18,20H2,(H,28,32)(H,29,31)/t23-/m0/s1. The van der Waals surface area contributed by atoms with E-state index in [2.05, 4.69) is 21.6 Å². The van der Waals surface area contributed by atoms with Gasteiger partial charge < -0.3 is 25.0 Å². The molecule has 1 fully saturated rings. The van der Waals surface area contributed by atoms with Crippen molar-refractivity contribution >= 4 is 11.8 Å². The zero-order chi connectivity index (χ0) is 23.6. The van der Waals surface area contributed by atoms with E-state index in [0.29, 0.717) is 31.7 Å². The molecule has 7 heteroatoms. The molecule has 2 aromatic rings. The van der Waals surface area contributed by atoms with Gasteiger partial charge in [0.1, 0.15) is 13.2 Å². The van der Waals surface area contributed by atoms with E-state index in [4.69, 9.17) is 9.47 Å². The van der Waals surface area contributed by atoms with E-state index in [1.165, 1.54) is 12.8 Å². The van der Waals surface area contributed by atoms with Crippen LogP contribution in [0.5, 0.6) is 11.5 Å². The van der Waals surface area contributed by atoms with Crippen LogP contribution in [0.4, 0.5) is 0 Å². The van der Waals surface area contributed by atoms with Crippen molar-refractivity contribution < 1.29 is 19.1 Å². The number of rotatable bonds is 11. The van der Waals surface area contributed by atoms with Gasteiger partial charge in [0.15, 0.2) is 11.5 Å². The highest BCUT2D eigenvalue weighted by Gasteiger charge is 2.21. The van der Waals surface area contributed by atoms with Crippen molar-refractivity contribution in [2.45, 2.75) is 44.6 Å². The highest BCUT2D eigenvalue weighted by Crippen LogP contribution is 2.31. The van der Waals surface area contributed by atoms with Crippen LogP contribution >= 0.6 is 0 Å². The monoisotopic (exact) mass is 465 g/mol. The normalized spacial score (nSPS) is 16.1. The van der Waals surface area contributed by atoms with Gasteiger partial charge in [-0.3, -0.25) is 9.59 Å². The molecule has 0 spiro atoms. The third-order valence-electron chi connectivity index (χ3n) is 6.28. The fourth-order valence-corrected chi connectivity index (χ4v) is 4.54. The zero-order valence-electron chi connectivity index (χ0n) is 19.8. The summed E-state index contributed by atoms with van der Waals surface area (Å²) >= 11 is 0. The van der Waals surface area contributed by atoms with Crippen LogP contribution in [0.1, 0.15) is 48.0 Å². The predicted molar refractivity (Wildman–Crippen MR) is 131 cm³/mol. The van der Waals surface area contributed by atoms with Crippen molar-refractivity contribution in [2.75, 3.05) is 39.4 Å². The Morgan fingerprint density at radius 2 is 1.71 bits per heavy atom. The van der Waals surface area contributed by atoms with Gasteiger partial charge >= 0.3 is 0 Å². The van der Waals surface area contributed by atoms with Gasteiger partial charge in [-0.1, -0.05) is 24.3 Å². The van der Waals surface area contributed by atoms with E-state index in [-0.39, 0.29) is 17.9 Å². The Labute approximate surface area is 201 Å². The number of benzene rings is 2. The van der Waals surface area contributed by atoms with Crippen LogP contribution in [-0.4, -0.2) is 62.1 Å². The number of hydrogen-bond donors (Lipinski definition) is 2. The maximum Gasteiger partial charge on any atom is 0.251 e. The zero-order valence-corrected chi connectivity index (χ0v) is 19.8. The second-order valence-corrected chi connectivity index (χ2v) is 9.03. The molecule has 2 amide bonds. The average molecular weight is 466 g/mol. The van der Waals surface area contributed by atoms with Crippen LogP contribution in [0.2, 0.25) is 0 Å². The first-order chi connectivity index (χ1) is 16.7. The molecule has 0 aliphatic carbocycles. The minimum absolute atomic E-state index is 0.0472. The van der Waals surface area contributed by atoms with Gasteiger partial charge in [-0.2, -0.15) is 0 Å². The van der Waals surface area contributed by atoms with Gasteiger partial charge in [0.25, 0.3) is 5.91 Å². The summed E-state index contributed by atoms with van der Waals surface area (Å²) in [7, 11) is 0. The van der Waals surface area contributed by atoms with E-state index in [0.717, 1.165) is 56.0 Å². The highest BCUT2D eigenvalue weighted by atomic mass is 16.6. The van der Waals surface area contributed by atoms with E-state index in [1.54, 1.807) is 12.1 Å². The number of nitrogens with one attached hydrogen (secondary N) is 2. The number of ether oxygens (including phenoxy) is 2. The molecule has 1 saturated heterocycles. The van der Waals surface area contributed by atoms with Crippen molar-refractivity contribution in [2.24, 2.45) is 0 Å². The molecule has 2 N–H and O–H groups in total. The van der Waals surface area contributed by atoms with Crippen LogP contribution in [0.3, 0.4) is 0 Å². The van der Waals surface area contributed by atoms with Crippen molar-refractivity contribution in [1.29, 1.82) is 0 Å². The lowest BCUT2D eigenvalue weighted by atomic mass is 10.0. The van der Waals surface area contributed by atoms with Gasteiger partial charge in [-0.25, -0.2) is 0 Å². The molecule has 7 nitrogen and oxygen atoms in total. The van der Waals surface area contributed by atoms with Crippen LogP contribution in [0, 0.1) is 0 Å². The van der Waals surface area contributed by atoms with E-state index in [1.807, 2.05) is 30.3 Å². The second kappa shape index (κ2) is 12.4. The Bertz CT molecular complexity index is 944. The lowest BCUT2D eigenvalue weighted by Gasteiger charge is -2.25. The first-order valence-corrected chi connectivity index (χ1v) is 12.4. The lowest BCUT2D eigenvalue weighted by molar-refractivity contribution is -0.122. The first-order valence-electron chi connectivity index (χ1n) is 12.4. The number of fused-ring (bicyclic) bond motifs is 1. The van der Waals surface area contributed by atoms with Gasteiger partial charge in [0.2, 0.25) is 5.91 Å². The van der Waals surface area contributed by atoms with Crippen molar-refractivity contribution in [1.82, 2.24) is 15.5 Å². The van der Waals surface area contributed by atoms with Gasteiger partial charge in [0.05, 0.1) is 0 Å². The highest BCUT2D eigenvalue weighted by molar-refractivity contribution is 5.94. The molecule has 34 heavy (non-hydrogen) atoms. The van der Waals surface area contributed by atoms with Gasteiger partial charge in [-0.05, 0) is 75.0 Å². The molecule has 182 valence electrons. The van der Waals surface area contributed by atoms with Crippen molar-refractivity contribution in [3.63, 3.8) is 0 Å². The molecule has 4 rings (SSSR count). The van der Waals surface area contributed by atoms with Crippen molar-refractivity contribution in [3.8, 4) is 11.5 Å². The Morgan fingerprint density at radius 1 is 0.941 bits per heavy atom. The number of amides is 2. The molecule has 2 aromatic carbocycles. The summed E-state index contributed by atoms with van der Waals surface area (Å²) in [4.78, 5) is 27.2. The summed E-state index contributed by atoms with van der Waals surface area (Å²) in [6.07, 6.45) is 5.16. The van der Waals surface area contributed by atoms with Gasteiger partial charge in [-0.15, -0.1) is 0 Å². The summed E-state index contributed by atoms with van der Waals surface area (Å²) in [5.74, 6) is 1.56. The fraction of sp³-hybridized carbons (Fsp3) is 0.481. The lowest BCUT2D eigenvalue weighted by Crippen LogP contribution is -2.44. The molecule has 1 atom stereocenters. The number of carbonyl (C=O) groups excluding carboxylic acids is 2. The molecule has 0 aromatic heterocycles. The van der Waals surface area contributed by atoms with Gasteiger partial charge in [0, 0.05) is 31.1 Å². The predicted octanol–water partition coefficient (Wildman–Crippen LogP) is 3.18. The Morgan fingerprint density at radius 3 is 2.50 bits per heavy atom. The largest absolute Gasteiger partial charge is 0.486 e. The third-order valence-corrected chi connectivity index (χ3v) is 6.28. The minimum atomic E-state index is -0.0739. The molecule has 2 aliphatic heterocycles. The molecule has 0 bridgehead atoms. The third kappa shape index (κ3) is 7.22. The van der Waals surface area contributed by atoms with E-state index >= 15 is 0 Å². The summed E-state index contributed by atoms with van der Waals surface area (Å²) in [5.41, 5.74) is 1.79. The van der Waals surface area contributed by atoms with E-state index in [9.17, 15) is 9.59 Å². The number of likely N-dealkylation sites (tertiary alicyclic amines) is 1. The summed E-state index contributed by atoms with van der Waals surface area (Å²) in [5, 5.41) is 6.18. The minimum Gasteiger partial charge on any atom is -0.486 e. The molecule has 0 saturated carbocycles. The fourth-order valence-electron chi connectivity index (χ4n) is 4.54. The Balaban J connectivity index is 1.23. The summed E-state index contributed by atoms with van der Waals surface area (Å²) in [6, 6.07) is 15.3. The maximum atomic E-state index is 12.7. The molecular weight excluding hydrogens is 430 g/mol. The molecule has 0 unspecified atom stereocenters. The quantitative estimate of drug-likeness (QED) is 0.499. The molecule has 0 radical (unpaired) electrons. The summed E-state index contributed by atoms with van der Waals surface area (Å²) < 4.78 is 11.4. The second-order valence-electron chi connectivity index (χ2n) is 9.03. The number of nitrogens with zero attached hydrogens (tertiary/aromatic N) is 1. The molecular formula is C27H35N3O4. The van der Waals surface area contributed by atoms with Crippen molar-refractivity contribution in [3.05, 3.63) is 59.7 Å². The summed E-state index contributed by atoms with van der Waals surface area (Å²) in [6.45, 7) is 4.75. The SMILES string of the molecule is O=C(CCCCNC(=O)c1ccccc1)N[C@@H](Cc1ccc2c(c1)OCCO2)CN1CCCC1. The number of carbonyl (C=O) groups is 2. The van der Waals surface area contributed by atoms with Crippen LogP contribution in [0.15, 0.2) is 48.5 Å². The smallest absolute Gasteiger partial charge is 0.251 e. The van der Waals surface area contributed by atoms with Crippen LogP contribution in [0.25, 0.3) is 0 Å². The topological polar surface area (TPSA) is 79.9 Å². The number of hydrogen-bond acceptors (Lipinski definition) is 5. The van der Waals surface area contributed by atoms with Crippen LogP contribution in [-0.2, 0) is 11.2 Å². The first kappa shape index (κ1) is 24.1. The van der Waals surface area contributed by atoms with E-state index < -0.39 is 0 Å².